The largest absolute Gasteiger partial charge is 0.478 e. The predicted octanol–water partition coefficient (Wildman–Crippen LogP) is 3.66. The Morgan fingerprint density at radius 3 is 2.22 bits per heavy atom. The molecule has 0 unspecified atom stereocenters. The molecule has 0 aliphatic rings. The van der Waals surface area contributed by atoms with Crippen molar-refractivity contribution in [3.63, 3.8) is 0 Å². The van der Waals surface area contributed by atoms with Crippen molar-refractivity contribution in [1.82, 2.24) is 0 Å². The van der Waals surface area contributed by atoms with Gasteiger partial charge in [-0.25, -0.2) is 13.2 Å². The van der Waals surface area contributed by atoms with Crippen LogP contribution in [0, 0.1) is 0 Å². The lowest BCUT2D eigenvalue weighted by atomic mass is 10.2. The van der Waals surface area contributed by atoms with Crippen molar-refractivity contribution in [3.05, 3.63) is 63.6 Å². The van der Waals surface area contributed by atoms with Gasteiger partial charge in [-0.05, 0) is 42.0 Å². The van der Waals surface area contributed by atoms with Crippen LogP contribution in [0.15, 0.2) is 42.5 Å². The number of halogens is 2. The third-order valence-electron chi connectivity index (χ3n) is 3.13. The Morgan fingerprint density at radius 1 is 1.13 bits per heavy atom. The lowest BCUT2D eigenvalue weighted by Crippen LogP contribution is -2.29. The molecule has 0 heterocycles. The van der Waals surface area contributed by atoms with Gasteiger partial charge in [0, 0.05) is 10.0 Å². The van der Waals surface area contributed by atoms with Crippen molar-refractivity contribution in [2.45, 2.75) is 6.54 Å². The predicted molar refractivity (Wildman–Crippen MR) is 90.9 cm³/mol. The van der Waals surface area contributed by atoms with Gasteiger partial charge in [0.05, 0.1) is 24.1 Å². The minimum absolute atomic E-state index is 0.0151. The lowest BCUT2D eigenvalue weighted by molar-refractivity contribution is 0.0697. The summed E-state index contributed by atoms with van der Waals surface area (Å²) in [6, 6.07) is 10.4. The van der Waals surface area contributed by atoms with Gasteiger partial charge < -0.3 is 5.11 Å². The van der Waals surface area contributed by atoms with E-state index in [1.807, 2.05) is 0 Å². The molecule has 0 aliphatic heterocycles. The smallest absolute Gasteiger partial charge is 0.335 e. The quantitative estimate of drug-likeness (QED) is 0.867. The summed E-state index contributed by atoms with van der Waals surface area (Å²) in [6.07, 6.45) is 1.07. The normalized spacial score (nSPS) is 11.3. The van der Waals surface area contributed by atoms with E-state index in [4.69, 9.17) is 28.3 Å². The molecule has 0 aliphatic carbocycles. The summed E-state index contributed by atoms with van der Waals surface area (Å²) >= 11 is 11.9. The molecule has 8 heteroatoms. The second-order valence-corrected chi connectivity index (χ2v) is 7.61. The first-order chi connectivity index (χ1) is 10.7. The highest BCUT2D eigenvalue weighted by molar-refractivity contribution is 7.92. The third kappa shape index (κ3) is 4.37. The van der Waals surface area contributed by atoms with Gasteiger partial charge in [0.2, 0.25) is 10.0 Å². The SMILES string of the molecule is CS(=O)(=O)N(Cc1ccc(Cl)cc1Cl)c1ccc(C(=O)O)cc1. The van der Waals surface area contributed by atoms with E-state index < -0.39 is 16.0 Å². The molecule has 0 fully saturated rings. The molecule has 1 N–H and O–H groups in total. The zero-order chi connectivity index (χ0) is 17.2. The van der Waals surface area contributed by atoms with Crippen molar-refractivity contribution in [2.24, 2.45) is 0 Å². The third-order valence-corrected chi connectivity index (χ3v) is 4.86. The highest BCUT2D eigenvalue weighted by Gasteiger charge is 2.19. The number of hydrogen-bond acceptors (Lipinski definition) is 3. The van der Waals surface area contributed by atoms with E-state index in [0.717, 1.165) is 10.6 Å². The fraction of sp³-hybridized carbons (Fsp3) is 0.133. The van der Waals surface area contributed by atoms with Gasteiger partial charge in [-0.3, -0.25) is 4.31 Å². The Hall–Kier alpha value is -1.76. The molecule has 0 saturated carbocycles. The van der Waals surface area contributed by atoms with Crippen LogP contribution in [0.3, 0.4) is 0 Å². The Balaban J connectivity index is 2.40. The van der Waals surface area contributed by atoms with Crippen molar-refractivity contribution in [2.75, 3.05) is 10.6 Å². The molecule has 5 nitrogen and oxygen atoms in total. The van der Waals surface area contributed by atoms with E-state index in [1.54, 1.807) is 12.1 Å². The van der Waals surface area contributed by atoms with Gasteiger partial charge in [-0.2, -0.15) is 0 Å². The van der Waals surface area contributed by atoms with Crippen LogP contribution >= 0.6 is 23.2 Å². The molecule has 0 bridgehead atoms. The van der Waals surface area contributed by atoms with Gasteiger partial charge in [0.15, 0.2) is 0 Å². The highest BCUT2D eigenvalue weighted by atomic mass is 35.5. The monoisotopic (exact) mass is 373 g/mol. The van der Waals surface area contributed by atoms with Gasteiger partial charge in [-0.15, -0.1) is 0 Å². The van der Waals surface area contributed by atoms with Crippen molar-refractivity contribution in [3.8, 4) is 0 Å². The number of carbonyl (C=O) groups is 1. The van der Waals surface area contributed by atoms with Gasteiger partial charge in [0.1, 0.15) is 0 Å². The number of aromatic carboxylic acids is 1. The lowest BCUT2D eigenvalue weighted by Gasteiger charge is -2.23. The van der Waals surface area contributed by atoms with Crippen LogP contribution in [0.4, 0.5) is 5.69 Å². The second-order valence-electron chi connectivity index (χ2n) is 4.86. The van der Waals surface area contributed by atoms with Gasteiger partial charge in [0.25, 0.3) is 0 Å². The van der Waals surface area contributed by atoms with E-state index in [-0.39, 0.29) is 12.1 Å². The number of anilines is 1. The highest BCUT2D eigenvalue weighted by Crippen LogP contribution is 2.26. The fourth-order valence-corrected chi connectivity index (χ4v) is 3.32. The van der Waals surface area contributed by atoms with E-state index in [0.29, 0.717) is 21.3 Å². The number of carboxylic acids is 1. The first kappa shape index (κ1) is 17.6. The number of rotatable bonds is 5. The van der Waals surface area contributed by atoms with Crippen molar-refractivity contribution in [1.29, 1.82) is 0 Å². The minimum Gasteiger partial charge on any atom is -0.478 e. The maximum Gasteiger partial charge on any atom is 0.335 e. The minimum atomic E-state index is -3.58. The summed E-state index contributed by atoms with van der Waals surface area (Å²) < 4.78 is 25.3. The Morgan fingerprint density at radius 2 is 1.74 bits per heavy atom. The summed E-state index contributed by atoms with van der Waals surface area (Å²) in [6.45, 7) is 0.0151. The zero-order valence-corrected chi connectivity index (χ0v) is 14.4. The first-order valence-corrected chi connectivity index (χ1v) is 9.04. The summed E-state index contributed by atoms with van der Waals surface area (Å²) in [5, 5.41) is 9.72. The fourth-order valence-electron chi connectivity index (χ4n) is 1.97. The number of sulfonamides is 1. The number of hydrogen-bond donors (Lipinski definition) is 1. The van der Waals surface area contributed by atoms with Crippen molar-refractivity contribution < 1.29 is 18.3 Å². The molecule has 2 aromatic carbocycles. The van der Waals surface area contributed by atoms with E-state index in [9.17, 15) is 13.2 Å². The maximum atomic E-state index is 12.1. The number of carboxylic acid groups (broad SMARTS) is 1. The Kier molecular flexibility index (Phi) is 5.19. The van der Waals surface area contributed by atoms with E-state index >= 15 is 0 Å². The summed E-state index contributed by atoms with van der Waals surface area (Å²) in [4.78, 5) is 10.9. The van der Waals surface area contributed by atoms with Crippen LogP contribution in [0.1, 0.15) is 15.9 Å². The summed E-state index contributed by atoms with van der Waals surface area (Å²) in [7, 11) is -3.58. The van der Waals surface area contributed by atoms with Crippen LogP contribution in [0.25, 0.3) is 0 Å². The van der Waals surface area contributed by atoms with E-state index in [2.05, 4.69) is 0 Å². The molecule has 0 radical (unpaired) electrons. The second kappa shape index (κ2) is 6.78. The molecule has 2 aromatic rings. The standard InChI is InChI=1S/C15H13Cl2NO4S/c1-23(21,22)18(9-11-2-5-12(16)8-14(11)17)13-6-3-10(4-7-13)15(19)20/h2-8H,9H2,1H3,(H,19,20). The molecule has 2 rings (SSSR count). The average Bonchev–Trinajstić information content (AvgIpc) is 2.45. The molecule has 0 aromatic heterocycles. The van der Waals surface area contributed by atoms with Gasteiger partial charge in [-0.1, -0.05) is 29.3 Å². The molecular weight excluding hydrogens is 361 g/mol. The van der Waals surface area contributed by atoms with E-state index in [1.165, 1.54) is 30.3 Å². The van der Waals surface area contributed by atoms with Gasteiger partial charge >= 0.3 is 5.97 Å². The van der Waals surface area contributed by atoms with Crippen LogP contribution in [0.5, 0.6) is 0 Å². The molecular formula is C15H13Cl2NO4S. The average molecular weight is 374 g/mol. The molecule has 122 valence electrons. The first-order valence-electron chi connectivity index (χ1n) is 6.43. The molecule has 0 spiro atoms. The van der Waals surface area contributed by atoms with Crippen LogP contribution in [-0.2, 0) is 16.6 Å². The summed E-state index contributed by atoms with van der Waals surface area (Å²) in [5.74, 6) is -1.08. The topological polar surface area (TPSA) is 74.7 Å². The number of benzene rings is 2. The van der Waals surface area contributed by atoms with Crippen LogP contribution in [-0.4, -0.2) is 25.7 Å². The van der Waals surface area contributed by atoms with Crippen LogP contribution in [0.2, 0.25) is 10.0 Å². The zero-order valence-electron chi connectivity index (χ0n) is 12.0. The Labute approximate surface area is 144 Å². The van der Waals surface area contributed by atoms with Crippen LogP contribution < -0.4 is 4.31 Å². The molecule has 0 saturated heterocycles. The Bertz CT molecular complexity index is 835. The number of nitrogens with zero attached hydrogens (tertiary/aromatic N) is 1. The molecule has 23 heavy (non-hydrogen) atoms. The molecule has 0 atom stereocenters. The van der Waals surface area contributed by atoms with Crippen molar-refractivity contribution >= 4 is 44.9 Å². The summed E-state index contributed by atoms with van der Waals surface area (Å²) in [5.41, 5.74) is 1.01. The maximum absolute atomic E-state index is 12.1. The molecule has 0 amide bonds.